The number of rotatable bonds is 0. The minimum Gasteiger partial charge on any atom is -0.350 e. The van der Waals surface area contributed by atoms with Crippen LogP contribution in [0.2, 0.25) is 0 Å². The van der Waals surface area contributed by atoms with Gasteiger partial charge in [-0.05, 0) is 31.4 Å². The average molecular weight is 231 g/mol. The Balaban J connectivity index is 2.05. The van der Waals surface area contributed by atoms with Crippen molar-refractivity contribution >= 4 is 17.4 Å². The lowest BCUT2D eigenvalue weighted by atomic mass is 9.98. The van der Waals surface area contributed by atoms with Crippen LogP contribution in [0.15, 0.2) is 18.3 Å². The standard InChI is InChI=1S/C13H17N3O/c1-10(17)16-9-11-5-2-3-8-15(11)13-12(16)6-4-7-14-13/h4,6-7,11H,2-3,5,8-9H2,1H3. The summed E-state index contributed by atoms with van der Waals surface area (Å²) < 4.78 is 0. The zero-order valence-electron chi connectivity index (χ0n) is 10.1. The van der Waals surface area contributed by atoms with Crippen LogP contribution in [0, 0.1) is 0 Å². The van der Waals surface area contributed by atoms with Crippen LogP contribution in [0.25, 0.3) is 0 Å². The number of hydrogen-bond acceptors (Lipinski definition) is 3. The molecule has 90 valence electrons. The number of anilines is 2. The fraction of sp³-hybridized carbons (Fsp3) is 0.538. The molecule has 3 rings (SSSR count). The number of amides is 1. The van der Waals surface area contributed by atoms with Crippen molar-refractivity contribution < 1.29 is 4.79 Å². The van der Waals surface area contributed by atoms with Crippen molar-refractivity contribution in [1.82, 2.24) is 4.98 Å². The van der Waals surface area contributed by atoms with E-state index in [1.165, 1.54) is 19.3 Å². The molecule has 1 saturated heterocycles. The molecular formula is C13H17N3O. The van der Waals surface area contributed by atoms with Crippen LogP contribution in [0.5, 0.6) is 0 Å². The Labute approximate surface area is 101 Å². The predicted molar refractivity (Wildman–Crippen MR) is 67.2 cm³/mol. The van der Waals surface area contributed by atoms with Crippen LogP contribution in [-0.2, 0) is 4.79 Å². The predicted octanol–water partition coefficient (Wildman–Crippen LogP) is 1.81. The lowest BCUT2D eigenvalue weighted by Gasteiger charge is -2.44. The number of aromatic nitrogens is 1. The molecule has 1 aromatic heterocycles. The number of carbonyl (C=O) groups is 1. The third-order valence-electron chi connectivity index (χ3n) is 3.73. The first kappa shape index (κ1) is 10.6. The molecule has 0 aromatic carbocycles. The van der Waals surface area contributed by atoms with E-state index < -0.39 is 0 Å². The molecule has 1 amide bonds. The second kappa shape index (κ2) is 4.02. The molecule has 1 aromatic rings. The van der Waals surface area contributed by atoms with Gasteiger partial charge in [-0.2, -0.15) is 0 Å². The lowest BCUT2D eigenvalue weighted by Crippen LogP contribution is -2.52. The van der Waals surface area contributed by atoms with E-state index >= 15 is 0 Å². The summed E-state index contributed by atoms with van der Waals surface area (Å²) in [5.74, 6) is 1.10. The number of carbonyl (C=O) groups excluding carboxylic acids is 1. The van der Waals surface area contributed by atoms with Crippen LogP contribution < -0.4 is 9.80 Å². The Morgan fingerprint density at radius 2 is 2.35 bits per heavy atom. The van der Waals surface area contributed by atoms with Gasteiger partial charge in [-0.1, -0.05) is 0 Å². The maximum atomic E-state index is 11.7. The van der Waals surface area contributed by atoms with Crippen LogP contribution in [0.1, 0.15) is 26.2 Å². The fourth-order valence-electron chi connectivity index (χ4n) is 2.90. The Hall–Kier alpha value is -1.58. The SMILES string of the molecule is CC(=O)N1CC2CCCCN2c2ncccc21. The summed E-state index contributed by atoms with van der Waals surface area (Å²) in [5, 5.41) is 0. The summed E-state index contributed by atoms with van der Waals surface area (Å²) in [6.45, 7) is 3.52. The van der Waals surface area contributed by atoms with Crippen LogP contribution in [-0.4, -0.2) is 30.0 Å². The highest BCUT2D eigenvalue weighted by atomic mass is 16.2. The van der Waals surface area contributed by atoms with Crippen molar-refractivity contribution in [2.45, 2.75) is 32.2 Å². The molecule has 1 unspecified atom stereocenters. The van der Waals surface area contributed by atoms with Crippen molar-refractivity contribution in [2.75, 3.05) is 22.9 Å². The van der Waals surface area contributed by atoms with Crippen molar-refractivity contribution in [3.8, 4) is 0 Å². The van der Waals surface area contributed by atoms with Gasteiger partial charge < -0.3 is 9.80 Å². The topological polar surface area (TPSA) is 36.4 Å². The third-order valence-corrected chi connectivity index (χ3v) is 3.73. The highest BCUT2D eigenvalue weighted by molar-refractivity contribution is 5.95. The zero-order chi connectivity index (χ0) is 11.8. The molecule has 4 nitrogen and oxygen atoms in total. The van der Waals surface area contributed by atoms with Crippen molar-refractivity contribution in [3.05, 3.63) is 18.3 Å². The van der Waals surface area contributed by atoms with Gasteiger partial charge in [-0.15, -0.1) is 0 Å². The van der Waals surface area contributed by atoms with Gasteiger partial charge in [-0.25, -0.2) is 4.98 Å². The summed E-state index contributed by atoms with van der Waals surface area (Å²) in [4.78, 5) is 20.4. The van der Waals surface area contributed by atoms with E-state index in [2.05, 4.69) is 9.88 Å². The lowest BCUT2D eigenvalue weighted by molar-refractivity contribution is -0.116. The minimum atomic E-state index is 0.115. The minimum absolute atomic E-state index is 0.115. The van der Waals surface area contributed by atoms with Crippen molar-refractivity contribution in [1.29, 1.82) is 0 Å². The maximum Gasteiger partial charge on any atom is 0.224 e. The Morgan fingerprint density at radius 1 is 1.47 bits per heavy atom. The van der Waals surface area contributed by atoms with Gasteiger partial charge in [0.15, 0.2) is 5.82 Å². The van der Waals surface area contributed by atoms with E-state index in [1.54, 1.807) is 6.92 Å². The summed E-state index contributed by atoms with van der Waals surface area (Å²) in [7, 11) is 0. The Kier molecular flexibility index (Phi) is 2.50. The molecular weight excluding hydrogens is 214 g/mol. The van der Waals surface area contributed by atoms with Gasteiger partial charge >= 0.3 is 0 Å². The quantitative estimate of drug-likeness (QED) is 0.683. The van der Waals surface area contributed by atoms with Crippen LogP contribution >= 0.6 is 0 Å². The first-order valence-electron chi connectivity index (χ1n) is 6.27. The molecule has 17 heavy (non-hydrogen) atoms. The second-order valence-corrected chi connectivity index (χ2v) is 4.82. The average Bonchev–Trinajstić information content (AvgIpc) is 2.37. The van der Waals surface area contributed by atoms with E-state index in [1.807, 2.05) is 23.2 Å². The van der Waals surface area contributed by atoms with Gasteiger partial charge in [0.25, 0.3) is 0 Å². The number of fused-ring (bicyclic) bond motifs is 3. The molecule has 0 spiro atoms. The maximum absolute atomic E-state index is 11.7. The first-order chi connectivity index (χ1) is 8.27. The van der Waals surface area contributed by atoms with E-state index in [9.17, 15) is 4.79 Å². The molecule has 1 atom stereocenters. The number of piperidine rings is 1. The van der Waals surface area contributed by atoms with Crippen molar-refractivity contribution in [3.63, 3.8) is 0 Å². The molecule has 1 fully saturated rings. The second-order valence-electron chi connectivity index (χ2n) is 4.82. The summed E-state index contributed by atoms with van der Waals surface area (Å²) in [5.41, 5.74) is 0.971. The molecule has 3 heterocycles. The fourth-order valence-corrected chi connectivity index (χ4v) is 2.90. The van der Waals surface area contributed by atoms with Gasteiger partial charge in [0, 0.05) is 32.3 Å². The zero-order valence-corrected chi connectivity index (χ0v) is 10.1. The molecule has 0 aliphatic carbocycles. The van der Waals surface area contributed by atoms with E-state index in [0.717, 1.165) is 24.6 Å². The van der Waals surface area contributed by atoms with E-state index in [4.69, 9.17) is 0 Å². The Bertz CT molecular complexity index is 446. The van der Waals surface area contributed by atoms with Crippen LogP contribution in [0.3, 0.4) is 0 Å². The molecule has 2 aliphatic heterocycles. The van der Waals surface area contributed by atoms with E-state index in [-0.39, 0.29) is 5.91 Å². The van der Waals surface area contributed by atoms with Crippen molar-refractivity contribution in [2.24, 2.45) is 0 Å². The highest BCUT2D eigenvalue weighted by Gasteiger charge is 2.34. The number of hydrogen-bond donors (Lipinski definition) is 0. The largest absolute Gasteiger partial charge is 0.350 e. The summed E-state index contributed by atoms with van der Waals surface area (Å²) in [6, 6.07) is 4.35. The van der Waals surface area contributed by atoms with Gasteiger partial charge in [-0.3, -0.25) is 4.79 Å². The Morgan fingerprint density at radius 3 is 3.18 bits per heavy atom. The normalized spacial score (nSPS) is 23.0. The highest BCUT2D eigenvalue weighted by Crippen LogP contribution is 2.36. The van der Waals surface area contributed by atoms with Crippen LogP contribution in [0.4, 0.5) is 11.5 Å². The summed E-state index contributed by atoms with van der Waals surface area (Å²) in [6.07, 6.45) is 5.47. The summed E-state index contributed by atoms with van der Waals surface area (Å²) >= 11 is 0. The molecule has 0 N–H and O–H groups in total. The molecule has 2 aliphatic rings. The number of pyridine rings is 1. The van der Waals surface area contributed by atoms with E-state index in [0.29, 0.717) is 6.04 Å². The first-order valence-corrected chi connectivity index (χ1v) is 6.27. The monoisotopic (exact) mass is 231 g/mol. The third kappa shape index (κ3) is 1.68. The molecule has 0 bridgehead atoms. The van der Waals surface area contributed by atoms with Gasteiger partial charge in [0.2, 0.25) is 5.91 Å². The van der Waals surface area contributed by atoms with Gasteiger partial charge in [0.05, 0.1) is 5.69 Å². The molecule has 0 saturated carbocycles. The molecule has 0 radical (unpaired) electrons. The smallest absolute Gasteiger partial charge is 0.224 e. The van der Waals surface area contributed by atoms with Gasteiger partial charge in [0.1, 0.15) is 0 Å². The number of nitrogens with zero attached hydrogens (tertiary/aromatic N) is 3. The molecule has 4 heteroatoms.